The summed E-state index contributed by atoms with van der Waals surface area (Å²) in [4.78, 5) is 0. The summed E-state index contributed by atoms with van der Waals surface area (Å²) in [6.07, 6.45) is 1.25. The van der Waals surface area contributed by atoms with Crippen LogP contribution in [0, 0.1) is 0 Å². The van der Waals surface area contributed by atoms with Crippen molar-refractivity contribution in [2.45, 2.75) is 18.6 Å². The molecule has 0 aromatic carbocycles. The van der Waals surface area contributed by atoms with E-state index < -0.39 is 0 Å². The van der Waals surface area contributed by atoms with E-state index in [1.54, 1.807) is 7.11 Å². The molecule has 0 aliphatic carbocycles. The van der Waals surface area contributed by atoms with Gasteiger partial charge in [-0.3, -0.25) is 0 Å². The summed E-state index contributed by atoms with van der Waals surface area (Å²) in [5, 5.41) is 11.8. The molecule has 4 heteroatoms. The maximum Gasteiger partial charge on any atom is 0.0711 e. The molecule has 0 amide bonds. The van der Waals surface area contributed by atoms with Crippen molar-refractivity contribution in [1.29, 1.82) is 0 Å². The van der Waals surface area contributed by atoms with E-state index in [1.807, 2.05) is 0 Å². The van der Waals surface area contributed by atoms with Gasteiger partial charge in [0.25, 0.3) is 0 Å². The Hall–Kier alpha value is 0.170. The average molecular weight is 168 g/mol. The van der Waals surface area contributed by atoms with E-state index in [1.165, 1.54) is 0 Å². The number of aliphatic hydroxyl groups excluding tert-OH is 1. The van der Waals surface area contributed by atoms with E-state index in [4.69, 9.17) is 9.84 Å². The smallest absolute Gasteiger partial charge is 0.0711 e. The fourth-order valence-corrected chi connectivity index (χ4v) is 1.10. The van der Waals surface area contributed by atoms with Crippen LogP contribution in [0.15, 0.2) is 0 Å². The molecule has 0 bridgehead atoms. The quantitative estimate of drug-likeness (QED) is 0.598. The van der Waals surface area contributed by atoms with Crippen molar-refractivity contribution in [3.8, 4) is 0 Å². The van der Waals surface area contributed by atoms with E-state index in [0.717, 1.165) is 13.0 Å². The number of rotatable bonds is 2. The van der Waals surface area contributed by atoms with Crippen LogP contribution >= 0.6 is 12.4 Å². The van der Waals surface area contributed by atoms with Crippen LogP contribution in [0.2, 0.25) is 0 Å². The second kappa shape index (κ2) is 4.91. The van der Waals surface area contributed by atoms with Gasteiger partial charge in [-0.1, -0.05) is 0 Å². The highest BCUT2D eigenvalue weighted by Crippen LogP contribution is 2.07. The van der Waals surface area contributed by atoms with E-state index in [0.29, 0.717) is 6.10 Å². The maximum absolute atomic E-state index is 8.66. The highest BCUT2D eigenvalue weighted by molar-refractivity contribution is 5.85. The minimum absolute atomic E-state index is 0. The van der Waals surface area contributed by atoms with E-state index >= 15 is 0 Å². The minimum atomic E-state index is 0. The third-order valence-electron chi connectivity index (χ3n) is 1.74. The first-order valence-electron chi connectivity index (χ1n) is 3.24. The van der Waals surface area contributed by atoms with Gasteiger partial charge in [-0.05, 0) is 6.42 Å². The Kier molecular flexibility index (Phi) is 4.99. The monoisotopic (exact) mass is 167 g/mol. The molecule has 0 aromatic rings. The zero-order valence-electron chi connectivity index (χ0n) is 6.04. The molecule has 62 valence electrons. The molecule has 1 aliphatic rings. The summed E-state index contributed by atoms with van der Waals surface area (Å²) >= 11 is 0. The first-order chi connectivity index (χ1) is 4.36. The summed E-state index contributed by atoms with van der Waals surface area (Å²) in [6.45, 7) is 1.10. The molecule has 0 saturated carbocycles. The van der Waals surface area contributed by atoms with Crippen LogP contribution in [0.1, 0.15) is 6.42 Å². The van der Waals surface area contributed by atoms with Gasteiger partial charge in [-0.15, -0.1) is 12.4 Å². The van der Waals surface area contributed by atoms with Crippen LogP contribution in [-0.4, -0.2) is 37.5 Å². The van der Waals surface area contributed by atoms with E-state index in [9.17, 15) is 0 Å². The molecule has 2 N–H and O–H groups in total. The topological polar surface area (TPSA) is 41.5 Å². The molecular weight excluding hydrogens is 154 g/mol. The number of halogens is 1. The van der Waals surface area contributed by atoms with Gasteiger partial charge in [0.2, 0.25) is 0 Å². The largest absolute Gasteiger partial charge is 0.395 e. The van der Waals surface area contributed by atoms with Gasteiger partial charge in [-0.25, -0.2) is 0 Å². The summed E-state index contributed by atoms with van der Waals surface area (Å²) in [6, 6.07) is 0.259. The lowest BCUT2D eigenvalue weighted by Crippen LogP contribution is -2.24. The van der Waals surface area contributed by atoms with Crippen LogP contribution in [0.3, 0.4) is 0 Å². The number of ether oxygens (including phenoxy) is 1. The lowest BCUT2D eigenvalue weighted by atomic mass is 10.2. The Morgan fingerprint density at radius 2 is 2.40 bits per heavy atom. The molecule has 1 rings (SSSR count). The van der Waals surface area contributed by atoms with Crippen molar-refractivity contribution >= 4 is 12.4 Å². The van der Waals surface area contributed by atoms with Crippen molar-refractivity contribution in [1.82, 2.24) is 5.32 Å². The van der Waals surface area contributed by atoms with Gasteiger partial charge in [0.15, 0.2) is 0 Å². The summed E-state index contributed by atoms with van der Waals surface area (Å²) in [7, 11) is 1.70. The second-order valence-electron chi connectivity index (χ2n) is 2.38. The third-order valence-corrected chi connectivity index (χ3v) is 1.74. The molecule has 0 unspecified atom stereocenters. The summed E-state index contributed by atoms with van der Waals surface area (Å²) in [5.41, 5.74) is 0. The highest BCUT2D eigenvalue weighted by atomic mass is 35.5. The van der Waals surface area contributed by atoms with Gasteiger partial charge in [0.1, 0.15) is 0 Å². The molecule has 1 aliphatic heterocycles. The van der Waals surface area contributed by atoms with Gasteiger partial charge < -0.3 is 15.2 Å². The fraction of sp³-hybridized carbons (Fsp3) is 1.00. The summed E-state index contributed by atoms with van der Waals surface area (Å²) < 4.78 is 5.07. The molecule has 0 spiro atoms. The van der Waals surface area contributed by atoms with E-state index in [-0.39, 0.29) is 25.1 Å². The Balaban J connectivity index is 0.000000810. The van der Waals surface area contributed by atoms with Crippen molar-refractivity contribution < 1.29 is 9.84 Å². The van der Waals surface area contributed by atoms with Crippen molar-refractivity contribution in [3.63, 3.8) is 0 Å². The number of aliphatic hydroxyl groups is 1. The van der Waals surface area contributed by atoms with Crippen molar-refractivity contribution in [2.75, 3.05) is 20.3 Å². The van der Waals surface area contributed by atoms with Crippen LogP contribution in [0.25, 0.3) is 0 Å². The number of hydrogen-bond donors (Lipinski definition) is 2. The van der Waals surface area contributed by atoms with Gasteiger partial charge >= 0.3 is 0 Å². The van der Waals surface area contributed by atoms with Crippen molar-refractivity contribution in [3.05, 3.63) is 0 Å². The van der Waals surface area contributed by atoms with Crippen LogP contribution in [-0.2, 0) is 4.74 Å². The Morgan fingerprint density at radius 1 is 1.70 bits per heavy atom. The zero-order chi connectivity index (χ0) is 6.69. The standard InChI is InChI=1S/C6H13NO2.ClH/c1-9-6-2-5(4-8)7-3-6;/h5-8H,2-4H2,1H3;1H/t5-,6+;/m1./s1. The Labute approximate surface area is 67.2 Å². The third kappa shape index (κ3) is 2.42. The number of hydrogen-bond acceptors (Lipinski definition) is 3. The molecule has 0 aromatic heterocycles. The molecule has 1 heterocycles. The Morgan fingerprint density at radius 3 is 2.70 bits per heavy atom. The maximum atomic E-state index is 8.66. The first-order valence-corrected chi connectivity index (χ1v) is 3.24. The van der Waals surface area contributed by atoms with Crippen LogP contribution in [0.4, 0.5) is 0 Å². The van der Waals surface area contributed by atoms with Gasteiger partial charge in [0.05, 0.1) is 12.7 Å². The SMILES string of the molecule is CO[C@@H]1CN[C@@H](CO)C1.Cl. The van der Waals surface area contributed by atoms with Crippen LogP contribution < -0.4 is 5.32 Å². The summed E-state index contributed by atoms with van der Waals surface area (Å²) in [5.74, 6) is 0. The molecule has 1 saturated heterocycles. The molecular formula is C6H14ClNO2. The second-order valence-corrected chi connectivity index (χ2v) is 2.38. The molecule has 10 heavy (non-hydrogen) atoms. The fourth-order valence-electron chi connectivity index (χ4n) is 1.10. The van der Waals surface area contributed by atoms with Crippen molar-refractivity contribution in [2.24, 2.45) is 0 Å². The molecule has 3 nitrogen and oxygen atoms in total. The Bertz CT molecular complexity index is 81.8. The molecule has 1 fully saturated rings. The van der Waals surface area contributed by atoms with Gasteiger partial charge in [-0.2, -0.15) is 0 Å². The minimum Gasteiger partial charge on any atom is -0.395 e. The number of nitrogens with one attached hydrogen (secondary N) is 1. The number of methoxy groups -OCH3 is 1. The molecule has 0 radical (unpaired) electrons. The van der Waals surface area contributed by atoms with Crippen LogP contribution in [0.5, 0.6) is 0 Å². The zero-order valence-corrected chi connectivity index (χ0v) is 6.86. The van der Waals surface area contributed by atoms with Gasteiger partial charge in [0, 0.05) is 19.7 Å². The lowest BCUT2D eigenvalue weighted by Gasteiger charge is -2.04. The normalized spacial score (nSPS) is 31.8. The predicted molar refractivity (Wildman–Crippen MR) is 41.5 cm³/mol. The van der Waals surface area contributed by atoms with E-state index in [2.05, 4.69) is 5.32 Å². The predicted octanol–water partition coefficient (Wildman–Crippen LogP) is -0.223. The first kappa shape index (κ1) is 10.2. The highest BCUT2D eigenvalue weighted by Gasteiger charge is 2.22. The lowest BCUT2D eigenvalue weighted by molar-refractivity contribution is 0.114. The average Bonchev–Trinajstić information content (AvgIpc) is 2.34. The molecule has 2 atom stereocenters.